The van der Waals surface area contributed by atoms with E-state index >= 15 is 0 Å². The summed E-state index contributed by atoms with van der Waals surface area (Å²) in [6.07, 6.45) is 0. The molecular formula is C6H7N5O. The standard InChI is InChI=1S/C6H7N5O/c1-3-5-6(10-11(3)12)9-8-4(2)7-5/h12H,1-2H3. The van der Waals surface area contributed by atoms with Gasteiger partial charge < -0.3 is 5.21 Å². The van der Waals surface area contributed by atoms with E-state index in [4.69, 9.17) is 5.21 Å². The molecule has 0 amide bonds. The summed E-state index contributed by atoms with van der Waals surface area (Å²) >= 11 is 0. The van der Waals surface area contributed by atoms with E-state index < -0.39 is 0 Å². The van der Waals surface area contributed by atoms with Crippen LogP contribution in [0, 0.1) is 13.8 Å². The summed E-state index contributed by atoms with van der Waals surface area (Å²) in [4.78, 5) is 4.83. The zero-order chi connectivity index (χ0) is 8.72. The summed E-state index contributed by atoms with van der Waals surface area (Å²) in [6, 6.07) is 0. The Balaban J connectivity index is 2.88. The molecule has 0 bridgehead atoms. The maximum Gasteiger partial charge on any atom is 0.225 e. The highest BCUT2D eigenvalue weighted by Gasteiger charge is 2.09. The molecule has 0 aliphatic rings. The van der Waals surface area contributed by atoms with Gasteiger partial charge in [-0.3, -0.25) is 0 Å². The molecule has 0 saturated heterocycles. The second kappa shape index (κ2) is 2.13. The maximum atomic E-state index is 9.13. The zero-order valence-corrected chi connectivity index (χ0v) is 6.68. The highest BCUT2D eigenvalue weighted by atomic mass is 16.5. The number of aryl methyl sites for hydroxylation is 2. The molecule has 2 aromatic heterocycles. The number of rotatable bonds is 0. The van der Waals surface area contributed by atoms with Crippen molar-refractivity contribution in [3.05, 3.63) is 11.5 Å². The molecule has 6 nitrogen and oxygen atoms in total. The van der Waals surface area contributed by atoms with Crippen LogP contribution in [0.15, 0.2) is 0 Å². The minimum atomic E-state index is 0.362. The van der Waals surface area contributed by atoms with Crippen molar-refractivity contribution < 1.29 is 5.21 Å². The summed E-state index contributed by atoms with van der Waals surface area (Å²) < 4.78 is 0. The Kier molecular flexibility index (Phi) is 1.24. The van der Waals surface area contributed by atoms with Crippen molar-refractivity contribution in [2.45, 2.75) is 13.8 Å². The second-order valence-corrected chi connectivity index (χ2v) is 2.51. The normalized spacial score (nSPS) is 10.8. The number of hydrogen-bond donors (Lipinski definition) is 1. The Morgan fingerprint density at radius 3 is 2.75 bits per heavy atom. The molecule has 2 rings (SSSR count). The predicted molar refractivity (Wildman–Crippen MR) is 39.8 cm³/mol. The van der Waals surface area contributed by atoms with Crippen molar-refractivity contribution >= 4 is 11.2 Å². The molecular weight excluding hydrogens is 158 g/mol. The van der Waals surface area contributed by atoms with Crippen molar-refractivity contribution in [1.82, 2.24) is 25.1 Å². The Hall–Kier alpha value is -1.72. The molecule has 0 aromatic carbocycles. The third-order valence-corrected chi connectivity index (χ3v) is 1.61. The van der Waals surface area contributed by atoms with Crippen molar-refractivity contribution in [2.75, 3.05) is 0 Å². The van der Waals surface area contributed by atoms with Crippen LogP contribution < -0.4 is 0 Å². The first-order valence-electron chi connectivity index (χ1n) is 3.44. The van der Waals surface area contributed by atoms with Gasteiger partial charge in [0, 0.05) is 0 Å². The Bertz CT molecular complexity index is 435. The molecule has 2 aromatic rings. The first kappa shape index (κ1) is 6.96. The van der Waals surface area contributed by atoms with Crippen LogP contribution in [0.4, 0.5) is 0 Å². The molecule has 0 saturated carbocycles. The van der Waals surface area contributed by atoms with E-state index in [2.05, 4.69) is 20.3 Å². The van der Waals surface area contributed by atoms with Crippen molar-refractivity contribution in [3.8, 4) is 0 Å². The van der Waals surface area contributed by atoms with Crippen molar-refractivity contribution in [2.24, 2.45) is 0 Å². The minimum absolute atomic E-state index is 0.362. The monoisotopic (exact) mass is 165 g/mol. The maximum absolute atomic E-state index is 9.13. The molecule has 0 unspecified atom stereocenters. The van der Waals surface area contributed by atoms with Crippen molar-refractivity contribution in [1.29, 1.82) is 0 Å². The zero-order valence-electron chi connectivity index (χ0n) is 6.68. The molecule has 2 heterocycles. The van der Waals surface area contributed by atoms with E-state index in [1.807, 2.05) is 0 Å². The molecule has 0 atom stereocenters. The van der Waals surface area contributed by atoms with E-state index in [0.29, 0.717) is 22.7 Å². The van der Waals surface area contributed by atoms with Gasteiger partial charge in [0.05, 0.1) is 0 Å². The first-order chi connectivity index (χ1) is 5.68. The van der Waals surface area contributed by atoms with Gasteiger partial charge in [-0.15, -0.1) is 20.1 Å². The van der Waals surface area contributed by atoms with E-state index in [1.165, 1.54) is 0 Å². The average Bonchev–Trinajstić information content (AvgIpc) is 2.31. The van der Waals surface area contributed by atoms with Crippen LogP contribution in [0.1, 0.15) is 11.5 Å². The van der Waals surface area contributed by atoms with Crippen LogP contribution in [0.5, 0.6) is 0 Å². The molecule has 1 N–H and O–H groups in total. The lowest BCUT2D eigenvalue weighted by Crippen LogP contribution is -1.93. The largest absolute Gasteiger partial charge is 0.411 e. The summed E-state index contributed by atoms with van der Waals surface area (Å²) in [5, 5.41) is 20.3. The van der Waals surface area contributed by atoms with Crippen LogP contribution in [0.3, 0.4) is 0 Å². The molecule has 0 spiro atoms. The molecule has 0 aliphatic heterocycles. The highest BCUT2D eigenvalue weighted by molar-refractivity contribution is 5.71. The van der Waals surface area contributed by atoms with Gasteiger partial charge in [-0.1, -0.05) is 0 Å². The van der Waals surface area contributed by atoms with Gasteiger partial charge in [0.25, 0.3) is 0 Å². The fourth-order valence-corrected chi connectivity index (χ4v) is 0.971. The second-order valence-electron chi connectivity index (χ2n) is 2.51. The van der Waals surface area contributed by atoms with E-state index in [-0.39, 0.29) is 0 Å². The number of hydrogen-bond acceptors (Lipinski definition) is 5. The van der Waals surface area contributed by atoms with Gasteiger partial charge in [0.15, 0.2) is 0 Å². The summed E-state index contributed by atoms with van der Waals surface area (Å²) in [5.41, 5.74) is 1.52. The highest BCUT2D eigenvalue weighted by Crippen LogP contribution is 2.09. The summed E-state index contributed by atoms with van der Waals surface area (Å²) in [6.45, 7) is 3.45. The Morgan fingerprint density at radius 2 is 2.00 bits per heavy atom. The molecule has 6 heteroatoms. The fourth-order valence-electron chi connectivity index (χ4n) is 0.971. The third-order valence-electron chi connectivity index (χ3n) is 1.61. The van der Waals surface area contributed by atoms with Crippen LogP contribution in [0.25, 0.3) is 11.2 Å². The van der Waals surface area contributed by atoms with Gasteiger partial charge in [-0.05, 0) is 13.8 Å². The van der Waals surface area contributed by atoms with Crippen LogP contribution in [-0.2, 0) is 0 Å². The van der Waals surface area contributed by atoms with Gasteiger partial charge in [-0.25, -0.2) is 4.98 Å². The lowest BCUT2D eigenvalue weighted by atomic mass is 10.4. The number of aromatic nitrogens is 5. The third kappa shape index (κ3) is 0.810. The first-order valence-corrected chi connectivity index (χ1v) is 3.44. The smallest absolute Gasteiger partial charge is 0.225 e. The van der Waals surface area contributed by atoms with Gasteiger partial charge in [-0.2, -0.15) is 0 Å². The quantitative estimate of drug-likeness (QED) is 0.559. The molecule has 62 valence electrons. The lowest BCUT2D eigenvalue weighted by molar-refractivity contribution is 0.144. The molecule has 0 aliphatic carbocycles. The van der Waals surface area contributed by atoms with E-state index in [1.54, 1.807) is 13.8 Å². The predicted octanol–water partition coefficient (Wildman–Crippen LogP) is 0.0754. The number of nitrogens with zero attached hydrogens (tertiary/aromatic N) is 5. The lowest BCUT2D eigenvalue weighted by Gasteiger charge is -1.89. The molecule has 0 fully saturated rings. The topological polar surface area (TPSA) is 76.7 Å². The van der Waals surface area contributed by atoms with Gasteiger partial charge in [0.1, 0.15) is 17.0 Å². The van der Waals surface area contributed by atoms with Crippen LogP contribution in [0.2, 0.25) is 0 Å². The average molecular weight is 165 g/mol. The fraction of sp³-hybridized carbons (Fsp3) is 0.333. The summed E-state index contributed by atoms with van der Waals surface area (Å²) in [5.74, 6) is 0.568. The van der Waals surface area contributed by atoms with E-state index in [9.17, 15) is 0 Å². The van der Waals surface area contributed by atoms with Gasteiger partial charge >= 0.3 is 0 Å². The SMILES string of the molecule is Cc1nnc2nn(O)c(C)c2n1. The minimum Gasteiger partial charge on any atom is -0.411 e. The van der Waals surface area contributed by atoms with Crippen LogP contribution in [-0.4, -0.2) is 30.3 Å². The Labute approximate surface area is 67.8 Å². The van der Waals surface area contributed by atoms with Gasteiger partial charge in [0.2, 0.25) is 5.65 Å². The van der Waals surface area contributed by atoms with Crippen LogP contribution >= 0.6 is 0 Å². The van der Waals surface area contributed by atoms with E-state index in [0.717, 1.165) is 4.85 Å². The molecule has 0 radical (unpaired) electrons. The summed E-state index contributed by atoms with van der Waals surface area (Å²) in [7, 11) is 0. The van der Waals surface area contributed by atoms with Crippen molar-refractivity contribution in [3.63, 3.8) is 0 Å². The molecule has 12 heavy (non-hydrogen) atoms. The Morgan fingerprint density at radius 1 is 1.25 bits per heavy atom. The number of fused-ring (bicyclic) bond motifs is 1.